The summed E-state index contributed by atoms with van der Waals surface area (Å²) < 4.78 is 12.6. The molecule has 19 heavy (non-hydrogen) atoms. The normalized spacial score (nSPS) is 24.0. The standard InChI is InChI=1S/C14H17FN2O2/c1-10-9-12(18)16-13(11-5-3-2-4-6-11)14(19)17(10)8-7-15/h2-6,10,13H,7-9H2,1H3,(H,16,18). The zero-order valence-electron chi connectivity index (χ0n) is 10.8. The fraction of sp³-hybridized carbons (Fsp3) is 0.429. The van der Waals surface area contributed by atoms with E-state index in [1.807, 2.05) is 18.2 Å². The predicted octanol–water partition coefficient (Wildman–Crippen LogP) is 1.43. The highest BCUT2D eigenvalue weighted by molar-refractivity contribution is 5.91. The summed E-state index contributed by atoms with van der Waals surface area (Å²) in [6.07, 6.45) is 0.203. The van der Waals surface area contributed by atoms with E-state index < -0.39 is 12.7 Å². The Labute approximate surface area is 111 Å². The third kappa shape index (κ3) is 2.92. The van der Waals surface area contributed by atoms with Crippen LogP contribution in [-0.2, 0) is 9.59 Å². The van der Waals surface area contributed by atoms with Crippen molar-refractivity contribution in [1.82, 2.24) is 10.2 Å². The number of benzene rings is 1. The Morgan fingerprint density at radius 2 is 2.00 bits per heavy atom. The lowest BCUT2D eigenvalue weighted by Gasteiger charge is -2.27. The molecule has 1 fully saturated rings. The van der Waals surface area contributed by atoms with Gasteiger partial charge in [0.25, 0.3) is 0 Å². The highest BCUT2D eigenvalue weighted by atomic mass is 19.1. The molecule has 1 aromatic carbocycles. The second-order valence-electron chi connectivity index (χ2n) is 4.68. The number of carbonyl (C=O) groups excluding carboxylic acids is 2. The topological polar surface area (TPSA) is 49.4 Å². The molecule has 2 amide bonds. The van der Waals surface area contributed by atoms with Crippen LogP contribution in [0.4, 0.5) is 4.39 Å². The summed E-state index contributed by atoms with van der Waals surface area (Å²) in [5.74, 6) is -0.432. The molecule has 102 valence electrons. The molecular weight excluding hydrogens is 247 g/mol. The number of halogens is 1. The highest BCUT2D eigenvalue weighted by Gasteiger charge is 2.34. The molecule has 1 aromatic rings. The molecule has 0 aliphatic carbocycles. The Bertz CT molecular complexity index is 464. The highest BCUT2D eigenvalue weighted by Crippen LogP contribution is 2.21. The number of amides is 2. The minimum atomic E-state index is -0.717. The van der Waals surface area contributed by atoms with Crippen LogP contribution in [-0.4, -0.2) is 36.0 Å². The molecule has 2 unspecified atom stereocenters. The van der Waals surface area contributed by atoms with Gasteiger partial charge in [-0.1, -0.05) is 30.3 Å². The SMILES string of the molecule is CC1CC(=O)NC(c2ccccc2)C(=O)N1CCF. The van der Waals surface area contributed by atoms with Crippen molar-refractivity contribution in [2.45, 2.75) is 25.4 Å². The molecule has 2 atom stereocenters. The van der Waals surface area contributed by atoms with Gasteiger partial charge in [-0.05, 0) is 12.5 Å². The van der Waals surface area contributed by atoms with Gasteiger partial charge in [-0.3, -0.25) is 9.59 Å². The van der Waals surface area contributed by atoms with Crippen molar-refractivity contribution < 1.29 is 14.0 Å². The number of alkyl halides is 1. The molecule has 1 aliphatic heterocycles. The molecule has 0 saturated carbocycles. The second kappa shape index (κ2) is 5.82. The largest absolute Gasteiger partial charge is 0.340 e. The van der Waals surface area contributed by atoms with Gasteiger partial charge in [0, 0.05) is 19.0 Å². The van der Waals surface area contributed by atoms with E-state index in [-0.39, 0.29) is 30.8 Å². The van der Waals surface area contributed by atoms with Crippen molar-refractivity contribution in [3.8, 4) is 0 Å². The van der Waals surface area contributed by atoms with Crippen LogP contribution < -0.4 is 5.32 Å². The van der Waals surface area contributed by atoms with E-state index in [2.05, 4.69) is 5.32 Å². The third-order valence-corrected chi connectivity index (χ3v) is 3.31. The fourth-order valence-corrected chi connectivity index (χ4v) is 2.34. The first kappa shape index (κ1) is 13.5. The summed E-state index contributed by atoms with van der Waals surface area (Å²) in [6.45, 7) is 1.19. The molecule has 1 N–H and O–H groups in total. The lowest BCUT2D eigenvalue weighted by molar-refractivity contribution is -0.135. The van der Waals surface area contributed by atoms with Gasteiger partial charge in [0.1, 0.15) is 12.7 Å². The monoisotopic (exact) mass is 264 g/mol. The average Bonchev–Trinajstić information content (AvgIpc) is 2.51. The maximum atomic E-state index is 12.6. The van der Waals surface area contributed by atoms with Gasteiger partial charge >= 0.3 is 0 Å². The molecular formula is C14H17FN2O2. The number of hydrogen-bond donors (Lipinski definition) is 1. The van der Waals surface area contributed by atoms with Crippen molar-refractivity contribution in [1.29, 1.82) is 0 Å². The van der Waals surface area contributed by atoms with Crippen LogP contribution in [0.1, 0.15) is 24.9 Å². The van der Waals surface area contributed by atoms with E-state index in [1.165, 1.54) is 4.90 Å². The molecule has 0 bridgehead atoms. The van der Waals surface area contributed by atoms with Crippen LogP contribution in [0.2, 0.25) is 0 Å². The van der Waals surface area contributed by atoms with Crippen LogP contribution in [0.5, 0.6) is 0 Å². The number of carbonyl (C=O) groups is 2. The molecule has 1 aliphatic rings. The molecule has 2 rings (SSSR count). The Kier molecular flexibility index (Phi) is 4.14. The molecule has 0 radical (unpaired) electrons. The Morgan fingerprint density at radius 3 is 2.63 bits per heavy atom. The summed E-state index contributed by atoms with van der Waals surface area (Å²) in [5.41, 5.74) is 0.721. The second-order valence-corrected chi connectivity index (χ2v) is 4.68. The van der Waals surface area contributed by atoms with Gasteiger partial charge in [-0.2, -0.15) is 0 Å². The summed E-state index contributed by atoms with van der Waals surface area (Å²) in [5, 5.41) is 2.71. The lowest BCUT2D eigenvalue weighted by Crippen LogP contribution is -2.42. The van der Waals surface area contributed by atoms with Crippen molar-refractivity contribution in [2.24, 2.45) is 0 Å². The quantitative estimate of drug-likeness (QED) is 0.898. The molecule has 0 spiro atoms. The van der Waals surface area contributed by atoms with Crippen LogP contribution >= 0.6 is 0 Å². The molecule has 4 nitrogen and oxygen atoms in total. The number of nitrogens with zero attached hydrogens (tertiary/aromatic N) is 1. The van der Waals surface area contributed by atoms with Crippen molar-refractivity contribution in [2.75, 3.05) is 13.2 Å². The minimum Gasteiger partial charge on any atom is -0.340 e. The maximum absolute atomic E-state index is 12.6. The Hall–Kier alpha value is -1.91. The predicted molar refractivity (Wildman–Crippen MR) is 69.1 cm³/mol. The number of nitrogens with one attached hydrogen (secondary N) is 1. The zero-order valence-corrected chi connectivity index (χ0v) is 10.8. The van der Waals surface area contributed by atoms with E-state index in [0.717, 1.165) is 5.56 Å². The summed E-state index contributed by atoms with van der Waals surface area (Å²) >= 11 is 0. The van der Waals surface area contributed by atoms with E-state index in [9.17, 15) is 14.0 Å². The van der Waals surface area contributed by atoms with Gasteiger partial charge in [0.15, 0.2) is 0 Å². The number of hydrogen-bond acceptors (Lipinski definition) is 2. The van der Waals surface area contributed by atoms with Gasteiger partial charge in [-0.15, -0.1) is 0 Å². The number of rotatable bonds is 3. The average molecular weight is 264 g/mol. The van der Waals surface area contributed by atoms with E-state index in [4.69, 9.17) is 0 Å². The lowest BCUT2D eigenvalue weighted by atomic mass is 10.1. The summed E-state index contributed by atoms with van der Waals surface area (Å²) in [4.78, 5) is 25.7. The smallest absolute Gasteiger partial charge is 0.250 e. The van der Waals surface area contributed by atoms with E-state index in [1.54, 1.807) is 19.1 Å². The first-order valence-electron chi connectivity index (χ1n) is 6.34. The third-order valence-electron chi connectivity index (χ3n) is 3.31. The Balaban J connectivity index is 2.31. The van der Waals surface area contributed by atoms with Gasteiger partial charge in [-0.25, -0.2) is 4.39 Å². The van der Waals surface area contributed by atoms with Gasteiger partial charge < -0.3 is 10.2 Å². The zero-order chi connectivity index (χ0) is 13.8. The molecule has 1 saturated heterocycles. The molecule has 0 aromatic heterocycles. The van der Waals surface area contributed by atoms with E-state index >= 15 is 0 Å². The van der Waals surface area contributed by atoms with Crippen LogP contribution in [0.15, 0.2) is 30.3 Å². The fourth-order valence-electron chi connectivity index (χ4n) is 2.34. The minimum absolute atomic E-state index is 0.0261. The van der Waals surface area contributed by atoms with Gasteiger partial charge in [0.2, 0.25) is 11.8 Å². The molecule has 5 heteroatoms. The van der Waals surface area contributed by atoms with Crippen LogP contribution in [0.25, 0.3) is 0 Å². The van der Waals surface area contributed by atoms with Crippen LogP contribution in [0.3, 0.4) is 0 Å². The Morgan fingerprint density at radius 1 is 1.32 bits per heavy atom. The summed E-state index contributed by atoms with van der Waals surface area (Å²) in [7, 11) is 0. The first-order valence-corrected chi connectivity index (χ1v) is 6.34. The maximum Gasteiger partial charge on any atom is 0.250 e. The molecule has 1 heterocycles. The first-order chi connectivity index (χ1) is 9.13. The van der Waals surface area contributed by atoms with Crippen LogP contribution in [0, 0.1) is 0 Å². The van der Waals surface area contributed by atoms with Crippen molar-refractivity contribution in [3.63, 3.8) is 0 Å². The van der Waals surface area contributed by atoms with Crippen molar-refractivity contribution >= 4 is 11.8 Å². The van der Waals surface area contributed by atoms with E-state index in [0.29, 0.717) is 0 Å². The van der Waals surface area contributed by atoms with Crippen molar-refractivity contribution in [3.05, 3.63) is 35.9 Å². The summed E-state index contributed by atoms with van der Waals surface area (Å²) in [6, 6.07) is 8.03. The van der Waals surface area contributed by atoms with Gasteiger partial charge in [0.05, 0.1) is 0 Å².